The number of rotatable bonds is 11. The van der Waals surface area contributed by atoms with Gasteiger partial charge in [0.15, 0.2) is 11.5 Å². The molecule has 0 aliphatic carbocycles. The first kappa shape index (κ1) is 28.1. The van der Waals surface area contributed by atoms with Gasteiger partial charge in [-0.3, -0.25) is 9.59 Å². The third-order valence-corrected chi connectivity index (χ3v) is 6.30. The zero-order valence-electron chi connectivity index (χ0n) is 22.8. The molecule has 0 saturated carbocycles. The van der Waals surface area contributed by atoms with Gasteiger partial charge in [0.2, 0.25) is 0 Å². The Morgan fingerprint density at radius 1 is 1.05 bits per heavy atom. The molecule has 0 aromatic heterocycles. The van der Waals surface area contributed by atoms with E-state index < -0.39 is 17.7 Å². The molecule has 200 valence electrons. The minimum atomic E-state index is -0.766. The Bertz CT molecular complexity index is 1170. The highest BCUT2D eigenvalue weighted by Gasteiger charge is 2.46. The minimum Gasteiger partial charge on any atom is -0.507 e. The molecule has 0 unspecified atom stereocenters. The van der Waals surface area contributed by atoms with Crippen LogP contribution in [0, 0.1) is 12.8 Å². The Morgan fingerprint density at radius 2 is 1.76 bits per heavy atom. The lowest BCUT2D eigenvalue weighted by Crippen LogP contribution is -2.32. The summed E-state index contributed by atoms with van der Waals surface area (Å²) in [5.41, 5.74) is 1.93. The van der Waals surface area contributed by atoms with Crippen LogP contribution >= 0.6 is 0 Å². The molecule has 1 amide bonds. The van der Waals surface area contributed by atoms with Crippen LogP contribution < -0.4 is 14.2 Å². The lowest BCUT2D eigenvalue weighted by molar-refractivity contribution is -0.139. The highest BCUT2D eigenvalue weighted by molar-refractivity contribution is 6.46. The van der Waals surface area contributed by atoms with Gasteiger partial charge in [-0.15, -0.1) is 0 Å². The number of carbonyl (C=O) groups excluding carboxylic acids is 2. The number of hydrogen-bond acceptors (Lipinski definition) is 7. The first-order chi connectivity index (χ1) is 17.6. The summed E-state index contributed by atoms with van der Waals surface area (Å²) in [7, 11) is 6.98. The summed E-state index contributed by atoms with van der Waals surface area (Å²) in [4.78, 5) is 30.1. The van der Waals surface area contributed by atoms with Crippen LogP contribution in [0.25, 0.3) is 5.76 Å². The number of amides is 1. The molecule has 1 N–H and O–H groups in total. The van der Waals surface area contributed by atoms with E-state index in [-0.39, 0.29) is 11.3 Å². The fourth-order valence-corrected chi connectivity index (χ4v) is 4.44. The van der Waals surface area contributed by atoms with Crippen LogP contribution in [0.4, 0.5) is 0 Å². The highest BCUT2D eigenvalue weighted by atomic mass is 16.5. The van der Waals surface area contributed by atoms with Crippen molar-refractivity contribution in [1.82, 2.24) is 9.80 Å². The maximum Gasteiger partial charge on any atom is 0.295 e. The fraction of sp³-hybridized carbons (Fsp3) is 0.448. The second-order valence-electron chi connectivity index (χ2n) is 9.95. The maximum atomic E-state index is 13.3. The molecule has 37 heavy (non-hydrogen) atoms. The first-order valence-electron chi connectivity index (χ1n) is 12.5. The van der Waals surface area contributed by atoms with Crippen molar-refractivity contribution in [2.24, 2.45) is 5.92 Å². The van der Waals surface area contributed by atoms with Crippen molar-refractivity contribution in [2.45, 2.75) is 33.2 Å². The average Bonchev–Trinajstić information content (AvgIpc) is 3.11. The van der Waals surface area contributed by atoms with Gasteiger partial charge in [-0.2, -0.15) is 0 Å². The van der Waals surface area contributed by atoms with Crippen LogP contribution in [-0.2, 0) is 9.59 Å². The van der Waals surface area contributed by atoms with Crippen molar-refractivity contribution >= 4 is 17.4 Å². The predicted octanol–water partition coefficient (Wildman–Crippen LogP) is 4.42. The van der Waals surface area contributed by atoms with Gasteiger partial charge in [0.25, 0.3) is 11.7 Å². The van der Waals surface area contributed by atoms with Gasteiger partial charge in [-0.25, -0.2) is 0 Å². The number of aliphatic hydroxyl groups is 1. The van der Waals surface area contributed by atoms with E-state index >= 15 is 0 Å². The molecule has 0 radical (unpaired) electrons. The molecule has 3 rings (SSSR count). The summed E-state index contributed by atoms with van der Waals surface area (Å²) in [5.74, 6) is 0.518. The van der Waals surface area contributed by atoms with E-state index in [0.29, 0.717) is 53.9 Å². The van der Waals surface area contributed by atoms with Crippen molar-refractivity contribution in [3.63, 3.8) is 0 Å². The molecule has 1 atom stereocenters. The van der Waals surface area contributed by atoms with E-state index in [0.717, 1.165) is 12.1 Å². The zero-order valence-corrected chi connectivity index (χ0v) is 22.8. The van der Waals surface area contributed by atoms with E-state index in [1.807, 2.05) is 32.0 Å². The Labute approximate surface area is 219 Å². The van der Waals surface area contributed by atoms with E-state index in [2.05, 4.69) is 13.8 Å². The van der Waals surface area contributed by atoms with Crippen molar-refractivity contribution in [3.8, 4) is 17.2 Å². The highest BCUT2D eigenvalue weighted by Crippen LogP contribution is 2.42. The summed E-state index contributed by atoms with van der Waals surface area (Å²) in [6.45, 7) is 7.66. The molecule has 8 nitrogen and oxygen atoms in total. The maximum absolute atomic E-state index is 13.3. The lowest BCUT2D eigenvalue weighted by Gasteiger charge is -2.26. The van der Waals surface area contributed by atoms with Crippen LogP contribution in [-0.4, -0.2) is 74.6 Å². The van der Waals surface area contributed by atoms with Crippen LogP contribution in [0.3, 0.4) is 0 Å². The largest absolute Gasteiger partial charge is 0.507 e. The molecular formula is C29H38N2O6. The fourth-order valence-electron chi connectivity index (χ4n) is 4.44. The molecule has 0 spiro atoms. The quantitative estimate of drug-likeness (QED) is 0.272. The number of carbonyl (C=O) groups is 2. The number of hydrogen-bond donors (Lipinski definition) is 1. The number of ketones is 1. The third kappa shape index (κ3) is 6.25. The average molecular weight is 511 g/mol. The normalized spacial score (nSPS) is 17.1. The van der Waals surface area contributed by atoms with Crippen molar-refractivity contribution < 1.29 is 28.9 Å². The summed E-state index contributed by atoms with van der Waals surface area (Å²) in [6.07, 6.45) is 0.671. The van der Waals surface area contributed by atoms with Crippen LogP contribution in [0.15, 0.2) is 42.0 Å². The third-order valence-electron chi connectivity index (χ3n) is 6.30. The number of aryl methyl sites for hydroxylation is 1. The second-order valence-corrected chi connectivity index (χ2v) is 9.95. The van der Waals surface area contributed by atoms with Crippen molar-refractivity contribution in [3.05, 3.63) is 58.7 Å². The molecule has 1 aliphatic rings. The van der Waals surface area contributed by atoms with Gasteiger partial charge in [0.1, 0.15) is 11.5 Å². The molecule has 1 saturated heterocycles. The number of aliphatic hydroxyl groups excluding tert-OH is 1. The smallest absolute Gasteiger partial charge is 0.295 e. The summed E-state index contributed by atoms with van der Waals surface area (Å²) in [5, 5.41) is 11.5. The molecule has 2 aromatic rings. The Balaban J connectivity index is 2.11. The van der Waals surface area contributed by atoms with Gasteiger partial charge in [-0.05, 0) is 81.4 Å². The monoisotopic (exact) mass is 510 g/mol. The predicted molar refractivity (Wildman–Crippen MR) is 143 cm³/mol. The van der Waals surface area contributed by atoms with Crippen molar-refractivity contribution in [1.29, 1.82) is 0 Å². The van der Waals surface area contributed by atoms with E-state index in [1.54, 1.807) is 37.4 Å². The Kier molecular flexibility index (Phi) is 9.21. The molecule has 0 bridgehead atoms. The van der Waals surface area contributed by atoms with Gasteiger partial charge in [0.05, 0.1) is 32.4 Å². The molecule has 8 heteroatoms. The second kappa shape index (κ2) is 12.1. The number of nitrogens with zero attached hydrogens (tertiary/aromatic N) is 2. The topological polar surface area (TPSA) is 88.5 Å². The van der Waals surface area contributed by atoms with Crippen LogP contribution in [0.2, 0.25) is 0 Å². The van der Waals surface area contributed by atoms with Gasteiger partial charge < -0.3 is 29.1 Å². The lowest BCUT2D eigenvalue weighted by atomic mass is 9.93. The Hall–Kier alpha value is -3.52. The number of Topliss-reactive ketones (excluding diaryl/α,β-unsaturated/α-hetero) is 1. The summed E-state index contributed by atoms with van der Waals surface area (Å²) < 4.78 is 16.7. The van der Waals surface area contributed by atoms with Gasteiger partial charge in [0, 0.05) is 12.1 Å². The first-order valence-corrected chi connectivity index (χ1v) is 12.5. The number of benzene rings is 2. The van der Waals surface area contributed by atoms with E-state index in [1.165, 1.54) is 12.0 Å². The molecule has 1 aliphatic heterocycles. The standard InChI is InChI=1S/C29H38N2O6/c1-18(2)17-37-21-10-11-22(19(3)15-21)27(32)25-26(20-9-12-23(35-6)24(16-20)36-7)31(29(34)28(25)33)14-8-13-30(4)5/h9-12,15-16,18,26,32H,8,13-14,17H2,1-7H3/t26-/m0/s1. The summed E-state index contributed by atoms with van der Waals surface area (Å²) in [6, 6.07) is 9.83. The Morgan fingerprint density at radius 3 is 2.35 bits per heavy atom. The molecule has 2 aromatic carbocycles. The zero-order chi connectivity index (χ0) is 27.3. The molecular weight excluding hydrogens is 472 g/mol. The minimum absolute atomic E-state index is 0.0565. The SMILES string of the molecule is COc1ccc([C@H]2C(=C(O)c3ccc(OCC(C)C)cc3C)C(=O)C(=O)N2CCCN(C)C)cc1OC. The molecule has 1 fully saturated rings. The summed E-state index contributed by atoms with van der Waals surface area (Å²) >= 11 is 0. The van der Waals surface area contributed by atoms with Crippen LogP contribution in [0.1, 0.15) is 43.0 Å². The van der Waals surface area contributed by atoms with Gasteiger partial charge in [-0.1, -0.05) is 19.9 Å². The number of methoxy groups -OCH3 is 2. The van der Waals surface area contributed by atoms with E-state index in [4.69, 9.17) is 14.2 Å². The van der Waals surface area contributed by atoms with Crippen molar-refractivity contribution in [2.75, 3.05) is 48.0 Å². The number of ether oxygens (including phenoxy) is 3. The van der Waals surface area contributed by atoms with E-state index in [9.17, 15) is 14.7 Å². The van der Waals surface area contributed by atoms with Gasteiger partial charge >= 0.3 is 0 Å². The molecule has 1 heterocycles. The van der Waals surface area contributed by atoms with Crippen LogP contribution in [0.5, 0.6) is 17.2 Å². The number of likely N-dealkylation sites (tertiary alicyclic amines) is 1.